The molecule has 1 amide bonds. The highest BCUT2D eigenvalue weighted by atomic mass is 16.6. The normalized spacial score (nSPS) is 10.8. The summed E-state index contributed by atoms with van der Waals surface area (Å²) in [5, 5.41) is 16.1. The molecule has 0 aliphatic heterocycles. The molecule has 3 rings (SSSR count). The van der Waals surface area contributed by atoms with Gasteiger partial charge in [-0.2, -0.15) is 0 Å². The van der Waals surface area contributed by atoms with Gasteiger partial charge in [-0.25, -0.2) is 9.50 Å². The van der Waals surface area contributed by atoms with Crippen molar-refractivity contribution in [3.8, 4) is 0 Å². The average molecular weight is 341 g/mol. The van der Waals surface area contributed by atoms with Gasteiger partial charge in [-0.3, -0.25) is 24.8 Å². The van der Waals surface area contributed by atoms with Gasteiger partial charge in [0.2, 0.25) is 0 Å². The lowest BCUT2D eigenvalue weighted by atomic mass is 10.1. The third-order valence-corrected chi connectivity index (χ3v) is 3.97. The Morgan fingerprint density at radius 3 is 2.64 bits per heavy atom. The van der Waals surface area contributed by atoms with Gasteiger partial charge >= 0.3 is 0 Å². The number of non-ortho nitro benzene ring substituents is 1. The van der Waals surface area contributed by atoms with Crippen LogP contribution in [0.2, 0.25) is 0 Å². The van der Waals surface area contributed by atoms with Crippen LogP contribution in [0.25, 0.3) is 5.65 Å². The summed E-state index contributed by atoms with van der Waals surface area (Å²) in [5.41, 5.74) is 2.79. The number of H-pyrrole nitrogens is 1. The molecule has 25 heavy (non-hydrogen) atoms. The Balaban J connectivity index is 1.81. The first-order valence-corrected chi connectivity index (χ1v) is 7.47. The number of nitro groups is 1. The zero-order valence-electron chi connectivity index (χ0n) is 13.6. The van der Waals surface area contributed by atoms with Gasteiger partial charge in [0.25, 0.3) is 17.2 Å². The van der Waals surface area contributed by atoms with E-state index < -0.39 is 4.92 Å². The van der Waals surface area contributed by atoms with E-state index in [2.05, 4.69) is 15.4 Å². The average Bonchev–Trinajstić information content (AvgIpc) is 2.95. The predicted octanol–water partition coefficient (Wildman–Crippen LogP) is 1.48. The van der Waals surface area contributed by atoms with Crippen molar-refractivity contribution in [3.05, 3.63) is 73.3 Å². The number of nitrogens with zero attached hydrogens (tertiary/aromatic N) is 3. The highest BCUT2D eigenvalue weighted by Crippen LogP contribution is 2.14. The number of aromatic nitrogens is 3. The second kappa shape index (κ2) is 6.19. The number of carbonyl (C=O) groups excluding carboxylic acids is 1. The molecule has 0 unspecified atom stereocenters. The molecule has 0 fully saturated rings. The summed E-state index contributed by atoms with van der Waals surface area (Å²) in [7, 11) is 0. The van der Waals surface area contributed by atoms with Crippen LogP contribution in [0, 0.1) is 24.0 Å². The minimum atomic E-state index is -0.521. The Morgan fingerprint density at radius 1 is 1.32 bits per heavy atom. The van der Waals surface area contributed by atoms with Crippen LogP contribution in [-0.2, 0) is 6.54 Å². The molecule has 2 aromatic heterocycles. The highest BCUT2D eigenvalue weighted by molar-refractivity contribution is 5.94. The smallest absolute Gasteiger partial charge is 0.269 e. The van der Waals surface area contributed by atoms with Gasteiger partial charge < -0.3 is 5.32 Å². The van der Waals surface area contributed by atoms with Gasteiger partial charge in [0.05, 0.1) is 4.92 Å². The summed E-state index contributed by atoms with van der Waals surface area (Å²) in [6.07, 6.45) is 0. The number of nitro benzene ring substituents is 1. The number of amides is 1. The highest BCUT2D eigenvalue weighted by Gasteiger charge is 2.13. The number of carbonyl (C=O) groups is 1. The number of hydrogen-bond acceptors (Lipinski definition) is 5. The van der Waals surface area contributed by atoms with E-state index >= 15 is 0 Å². The van der Waals surface area contributed by atoms with Crippen molar-refractivity contribution in [1.82, 2.24) is 19.9 Å². The number of hydrogen-bond donors (Lipinski definition) is 2. The third-order valence-electron chi connectivity index (χ3n) is 3.97. The van der Waals surface area contributed by atoms with Crippen LogP contribution in [0.3, 0.4) is 0 Å². The SMILES string of the molecule is Cc1nc2cc(=O)[nH]n2c(C)c1CNC(=O)c1ccc([N+](=O)[O-])cc1. The van der Waals surface area contributed by atoms with E-state index in [4.69, 9.17) is 0 Å². The van der Waals surface area contributed by atoms with Gasteiger partial charge in [0.1, 0.15) is 0 Å². The molecule has 0 saturated carbocycles. The second-order valence-electron chi connectivity index (χ2n) is 5.56. The molecule has 0 radical (unpaired) electrons. The van der Waals surface area contributed by atoms with E-state index in [9.17, 15) is 19.7 Å². The zero-order chi connectivity index (χ0) is 18.1. The van der Waals surface area contributed by atoms with E-state index in [-0.39, 0.29) is 23.7 Å². The van der Waals surface area contributed by atoms with E-state index in [1.807, 2.05) is 6.92 Å². The van der Waals surface area contributed by atoms with Gasteiger partial charge in [-0.1, -0.05) is 0 Å². The Morgan fingerprint density at radius 2 is 2.00 bits per heavy atom. The van der Waals surface area contributed by atoms with Crippen LogP contribution >= 0.6 is 0 Å². The molecule has 0 aliphatic rings. The molecular formula is C16H15N5O4. The largest absolute Gasteiger partial charge is 0.348 e. The molecule has 0 saturated heterocycles. The van der Waals surface area contributed by atoms with Crippen LogP contribution in [0.1, 0.15) is 27.3 Å². The molecule has 9 heteroatoms. The number of rotatable bonds is 4. The molecule has 9 nitrogen and oxygen atoms in total. The lowest BCUT2D eigenvalue weighted by Gasteiger charge is -2.12. The fraction of sp³-hybridized carbons (Fsp3) is 0.188. The summed E-state index contributed by atoms with van der Waals surface area (Å²) in [6.45, 7) is 3.85. The predicted molar refractivity (Wildman–Crippen MR) is 89.6 cm³/mol. The van der Waals surface area contributed by atoms with Crippen LogP contribution in [0.4, 0.5) is 5.69 Å². The van der Waals surface area contributed by atoms with Crippen molar-refractivity contribution in [1.29, 1.82) is 0 Å². The number of nitrogens with one attached hydrogen (secondary N) is 2. The molecule has 0 spiro atoms. The first kappa shape index (κ1) is 16.4. The minimum absolute atomic E-state index is 0.0746. The molecule has 1 aromatic carbocycles. The molecular weight excluding hydrogens is 326 g/mol. The van der Waals surface area contributed by atoms with Crippen LogP contribution in [-0.4, -0.2) is 25.4 Å². The molecule has 128 valence electrons. The Bertz CT molecular complexity index is 1030. The maximum Gasteiger partial charge on any atom is 0.269 e. The molecule has 2 N–H and O–H groups in total. The molecule has 0 bridgehead atoms. The van der Waals surface area contributed by atoms with E-state index in [1.54, 1.807) is 11.4 Å². The standard InChI is InChI=1S/C16H15N5O4/c1-9-13(10(2)20-14(18-9)7-15(22)19-20)8-17-16(23)11-3-5-12(6-4-11)21(24)25/h3-7H,8H2,1-2H3,(H,17,23)(H,19,22). The van der Waals surface area contributed by atoms with Crippen molar-refractivity contribution in [2.24, 2.45) is 0 Å². The van der Waals surface area contributed by atoms with Gasteiger partial charge in [-0.15, -0.1) is 0 Å². The van der Waals surface area contributed by atoms with Crippen molar-refractivity contribution in [3.63, 3.8) is 0 Å². The number of aromatic amines is 1. The number of fused-ring (bicyclic) bond motifs is 1. The topological polar surface area (TPSA) is 122 Å². The lowest BCUT2D eigenvalue weighted by molar-refractivity contribution is -0.384. The first-order chi connectivity index (χ1) is 11.9. The van der Waals surface area contributed by atoms with Gasteiger partial charge in [-0.05, 0) is 26.0 Å². The fourth-order valence-electron chi connectivity index (χ4n) is 2.62. The molecule has 0 aliphatic carbocycles. The first-order valence-electron chi connectivity index (χ1n) is 7.47. The Labute approximate surface area is 141 Å². The van der Waals surface area contributed by atoms with E-state index in [1.165, 1.54) is 30.3 Å². The van der Waals surface area contributed by atoms with E-state index in [0.717, 1.165) is 11.3 Å². The summed E-state index contributed by atoms with van der Waals surface area (Å²) in [6, 6.07) is 6.77. The molecule has 3 aromatic rings. The minimum Gasteiger partial charge on any atom is -0.348 e. The van der Waals surface area contributed by atoms with E-state index in [0.29, 0.717) is 16.9 Å². The van der Waals surface area contributed by atoms with Crippen LogP contribution in [0.15, 0.2) is 35.1 Å². The van der Waals surface area contributed by atoms with Crippen LogP contribution in [0.5, 0.6) is 0 Å². The number of benzene rings is 1. The lowest BCUT2D eigenvalue weighted by Crippen LogP contribution is -2.24. The summed E-state index contributed by atoms with van der Waals surface area (Å²) in [4.78, 5) is 38.2. The monoisotopic (exact) mass is 341 g/mol. The second-order valence-corrected chi connectivity index (χ2v) is 5.56. The molecule has 0 atom stereocenters. The summed E-state index contributed by atoms with van der Waals surface area (Å²) in [5.74, 6) is -0.352. The Hall–Kier alpha value is -3.49. The van der Waals surface area contributed by atoms with Crippen molar-refractivity contribution < 1.29 is 9.72 Å². The van der Waals surface area contributed by atoms with Crippen molar-refractivity contribution in [2.45, 2.75) is 20.4 Å². The zero-order valence-corrected chi connectivity index (χ0v) is 13.6. The summed E-state index contributed by atoms with van der Waals surface area (Å²) >= 11 is 0. The quantitative estimate of drug-likeness (QED) is 0.550. The fourth-order valence-corrected chi connectivity index (χ4v) is 2.62. The third kappa shape index (κ3) is 3.11. The van der Waals surface area contributed by atoms with Crippen molar-refractivity contribution in [2.75, 3.05) is 0 Å². The maximum atomic E-state index is 12.2. The number of aryl methyl sites for hydroxylation is 2. The Kier molecular flexibility index (Phi) is 4.05. The van der Waals surface area contributed by atoms with Gasteiger partial charge in [0, 0.05) is 47.3 Å². The molecule has 2 heterocycles. The summed E-state index contributed by atoms with van der Waals surface area (Å²) < 4.78 is 1.57. The van der Waals surface area contributed by atoms with Crippen molar-refractivity contribution >= 4 is 17.2 Å². The van der Waals surface area contributed by atoms with Gasteiger partial charge in [0.15, 0.2) is 5.65 Å². The maximum absolute atomic E-state index is 12.2. The van der Waals surface area contributed by atoms with Crippen LogP contribution < -0.4 is 10.9 Å².